The molecule has 0 aromatic carbocycles. The fourth-order valence-corrected chi connectivity index (χ4v) is 1.17. The monoisotopic (exact) mass is 169 g/mol. The van der Waals surface area contributed by atoms with Crippen LogP contribution in [0.25, 0.3) is 0 Å². The van der Waals surface area contributed by atoms with Gasteiger partial charge < -0.3 is 10.2 Å². The Balaban J connectivity index is 2.58. The first-order chi connectivity index (χ1) is 5.59. The Labute approximate surface area is 72.2 Å². The van der Waals surface area contributed by atoms with Gasteiger partial charge in [-0.05, 0) is 13.3 Å². The lowest BCUT2D eigenvalue weighted by Gasteiger charge is -2.08. The van der Waals surface area contributed by atoms with Gasteiger partial charge in [-0.15, -0.1) is 10.2 Å². The molecule has 0 aliphatic carbocycles. The molecule has 0 aliphatic rings. The van der Waals surface area contributed by atoms with Gasteiger partial charge in [0.25, 0.3) is 0 Å². The average molecular weight is 169 g/mol. The molecule has 0 spiro atoms. The van der Waals surface area contributed by atoms with Crippen LogP contribution >= 0.6 is 0 Å². The summed E-state index contributed by atoms with van der Waals surface area (Å²) < 4.78 is 5.27. The lowest BCUT2D eigenvalue weighted by atomic mass is 10.0. The first-order valence-corrected chi connectivity index (χ1v) is 4.15. The van der Waals surface area contributed by atoms with Crippen molar-refractivity contribution in [3.63, 3.8) is 0 Å². The number of aromatic nitrogens is 2. The van der Waals surface area contributed by atoms with E-state index >= 15 is 0 Å². The van der Waals surface area contributed by atoms with Crippen LogP contribution in [-0.4, -0.2) is 16.2 Å². The molecule has 4 heteroatoms. The van der Waals surface area contributed by atoms with Gasteiger partial charge >= 0.3 is 0 Å². The molecule has 2 atom stereocenters. The standard InChI is InChI=1S/C8H15N3O/c1-5(4-6(2)9)8-11-10-7(3)12-8/h5-6H,4,9H2,1-3H3/t5-,6+/m1/s1. The molecule has 0 aliphatic heterocycles. The maximum atomic E-state index is 5.65. The largest absolute Gasteiger partial charge is 0.425 e. The molecule has 0 fully saturated rings. The summed E-state index contributed by atoms with van der Waals surface area (Å²) in [6, 6.07) is 0.173. The summed E-state index contributed by atoms with van der Waals surface area (Å²) in [4.78, 5) is 0. The number of nitrogens with two attached hydrogens (primary N) is 1. The third-order valence-corrected chi connectivity index (χ3v) is 1.69. The molecule has 12 heavy (non-hydrogen) atoms. The first-order valence-electron chi connectivity index (χ1n) is 4.15. The highest BCUT2D eigenvalue weighted by Crippen LogP contribution is 2.17. The van der Waals surface area contributed by atoms with E-state index in [2.05, 4.69) is 10.2 Å². The maximum absolute atomic E-state index is 5.65. The minimum Gasteiger partial charge on any atom is -0.425 e. The number of rotatable bonds is 3. The smallest absolute Gasteiger partial charge is 0.219 e. The number of aryl methyl sites for hydroxylation is 1. The zero-order valence-electron chi connectivity index (χ0n) is 7.74. The van der Waals surface area contributed by atoms with Gasteiger partial charge in [0.2, 0.25) is 11.8 Å². The van der Waals surface area contributed by atoms with E-state index in [1.54, 1.807) is 6.92 Å². The Morgan fingerprint density at radius 2 is 2.08 bits per heavy atom. The van der Waals surface area contributed by atoms with Gasteiger partial charge in [-0.25, -0.2) is 0 Å². The van der Waals surface area contributed by atoms with Gasteiger partial charge in [-0.3, -0.25) is 0 Å². The number of nitrogens with zero attached hydrogens (tertiary/aromatic N) is 2. The fourth-order valence-electron chi connectivity index (χ4n) is 1.17. The van der Waals surface area contributed by atoms with E-state index in [-0.39, 0.29) is 12.0 Å². The van der Waals surface area contributed by atoms with Crippen molar-refractivity contribution >= 4 is 0 Å². The summed E-state index contributed by atoms with van der Waals surface area (Å²) in [5.41, 5.74) is 5.65. The van der Waals surface area contributed by atoms with Crippen LogP contribution in [0.5, 0.6) is 0 Å². The fraction of sp³-hybridized carbons (Fsp3) is 0.750. The molecule has 0 saturated carbocycles. The quantitative estimate of drug-likeness (QED) is 0.738. The minimum atomic E-state index is 0.173. The molecule has 0 saturated heterocycles. The normalized spacial score (nSPS) is 16.0. The van der Waals surface area contributed by atoms with Crippen LogP contribution in [0.1, 0.15) is 38.0 Å². The van der Waals surface area contributed by atoms with Crippen LogP contribution in [0, 0.1) is 6.92 Å². The zero-order chi connectivity index (χ0) is 9.14. The molecule has 4 nitrogen and oxygen atoms in total. The molecular formula is C8H15N3O. The lowest BCUT2D eigenvalue weighted by Crippen LogP contribution is -2.17. The van der Waals surface area contributed by atoms with Crippen LogP contribution in [0.15, 0.2) is 4.42 Å². The van der Waals surface area contributed by atoms with E-state index in [0.29, 0.717) is 11.8 Å². The summed E-state index contributed by atoms with van der Waals surface area (Å²) in [5, 5.41) is 7.68. The average Bonchev–Trinajstić information content (AvgIpc) is 2.34. The maximum Gasteiger partial charge on any atom is 0.219 e. The molecule has 1 heterocycles. The predicted molar refractivity (Wildman–Crippen MR) is 45.7 cm³/mol. The van der Waals surface area contributed by atoms with E-state index in [1.807, 2.05) is 13.8 Å². The topological polar surface area (TPSA) is 64.9 Å². The van der Waals surface area contributed by atoms with E-state index in [9.17, 15) is 0 Å². The predicted octanol–water partition coefficient (Wildman–Crippen LogP) is 1.22. The van der Waals surface area contributed by atoms with Gasteiger partial charge in [0.15, 0.2) is 0 Å². The number of hydrogen-bond acceptors (Lipinski definition) is 4. The van der Waals surface area contributed by atoms with E-state index in [0.717, 1.165) is 6.42 Å². The lowest BCUT2D eigenvalue weighted by molar-refractivity contribution is 0.415. The van der Waals surface area contributed by atoms with Gasteiger partial charge in [-0.2, -0.15) is 0 Å². The second-order valence-corrected chi connectivity index (χ2v) is 3.27. The highest BCUT2D eigenvalue weighted by Gasteiger charge is 2.13. The molecule has 0 radical (unpaired) electrons. The van der Waals surface area contributed by atoms with Crippen molar-refractivity contribution in [2.24, 2.45) is 5.73 Å². The minimum absolute atomic E-state index is 0.173. The van der Waals surface area contributed by atoms with E-state index in [1.165, 1.54) is 0 Å². The molecule has 1 aromatic heterocycles. The SMILES string of the molecule is Cc1nnc([C@H](C)C[C@H](C)N)o1. The Bertz CT molecular complexity index is 244. The highest BCUT2D eigenvalue weighted by molar-refractivity contribution is 4.89. The number of hydrogen-bond donors (Lipinski definition) is 1. The van der Waals surface area contributed by atoms with Gasteiger partial charge in [0, 0.05) is 18.9 Å². The molecule has 0 bridgehead atoms. The summed E-state index contributed by atoms with van der Waals surface area (Å²) >= 11 is 0. The third kappa shape index (κ3) is 2.30. The van der Waals surface area contributed by atoms with Gasteiger partial charge in [0.1, 0.15) is 0 Å². The molecule has 0 unspecified atom stereocenters. The Morgan fingerprint density at radius 3 is 2.50 bits per heavy atom. The highest BCUT2D eigenvalue weighted by atomic mass is 16.4. The zero-order valence-corrected chi connectivity index (χ0v) is 7.74. The molecule has 1 rings (SSSR count). The van der Waals surface area contributed by atoms with Gasteiger partial charge in [0.05, 0.1) is 0 Å². The Kier molecular flexibility index (Phi) is 2.81. The van der Waals surface area contributed by atoms with Crippen molar-refractivity contribution in [3.8, 4) is 0 Å². The Hall–Kier alpha value is -0.900. The van der Waals surface area contributed by atoms with Crippen molar-refractivity contribution in [2.45, 2.75) is 39.2 Å². The molecule has 0 amide bonds. The van der Waals surface area contributed by atoms with Crippen LogP contribution in [0.3, 0.4) is 0 Å². The third-order valence-electron chi connectivity index (χ3n) is 1.69. The van der Waals surface area contributed by atoms with Crippen molar-refractivity contribution in [3.05, 3.63) is 11.8 Å². The second-order valence-electron chi connectivity index (χ2n) is 3.27. The summed E-state index contributed by atoms with van der Waals surface area (Å²) in [5.74, 6) is 1.55. The van der Waals surface area contributed by atoms with E-state index < -0.39 is 0 Å². The first kappa shape index (κ1) is 9.19. The Morgan fingerprint density at radius 1 is 1.42 bits per heavy atom. The summed E-state index contributed by atoms with van der Waals surface area (Å²) in [6.45, 7) is 5.80. The molecular weight excluding hydrogens is 154 g/mol. The van der Waals surface area contributed by atoms with Crippen molar-refractivity contribution in [1.29, 1.82) is 0 Å². The van der Waals surface area contributed by atoms with Crippen LogP contribution in [-0.2, 0) is 0 Å². The molecule has 68 valence electrons. The van der Waals surface area contributed by atoms with E-state index in [4.69, 9.17) is 10.2 Å². The summed E-state index contributed by atoms with van der Waals surface area (Å²) in [7, 11) is 0. The molecule has 2 N–H and O–H groups in total. The van der Waals surface area contributed by atoms with Crippen LogP contribution in [0.4, 0.5) is 0 Å². The summed E-state index contributed by atoms with van der Waals surface area (Å²) in [6.07, 6.45) is 0.877. The van der Waals surface area contributed by atoms with Crippen LogP contribution in [0.2, 0.25) is 0 Å². The van der Waals surface area contributed by atoms with Crippen LogP contribution < -0.4 is 5.73 Å². The van der Waals surface area contributed by atoms with Crippen molar-refractivity contribution in [1.82, 2.24) is 10.2 Å². The molecule has 1 aromatic rings. The van der Waals surface area contributed by atoms with Gasteiger partial charge in [-0.1, -0.05) is 6.92 Å². The van der Waals surface area contributed by atoms with Crippen molar-refractivity contribution in [2.75, 3.05) is 0 Å². The van der Waals surface area contributed by atoms with Crippen molar-refractivity contribution < 1.29 is 4.42 Å². The second kappa shape index (κ2) is 3.67.